The molecule has 0 radical (unpaired) electrons. The van der Waals surface area contributed by atoms with E-state index >= 15 is 0 Å². The fourth-order valence-electron chi connectivity index (χ4n) is 2.85. The molecule has 0 atom stereocenters. The second kappa shape index (κ2) is 12.3. The highest BCUT2D eigenvalue weighted by atomic mass is 16.5. The van der Waals surface area contributed by atoms with Gasteiger partial charge in [0.2, 0.25) is 11.7 Å². The summed E-state index contributed by atoms with van der Waals surface area (Å²) in [7, 11) is 4.57. The first kappa shape index (κ1) is 23.8. The first-order valence-electron chi connectivity index (χ1n) is 9.94. The van der Waals surface area contributed by atoms with Crippen molar-refractivity contribution in [3.8, 4) is 17.2 Å². The van der Waals surface area contributed by atoms with Crippen molar-refractivity contribution in [1.82, 2.24) is 5.32 Å². The molecule has 0 aliphatic rings. The summed E-state index contributed by atoms with van der Waals surface area (Å²) in [6, 6.07) is 11.5. The normalized spacial score (nSPS) is 10.6. The minimum Gasteiger partial charge on any atom is -0.493 e. The maximum atomic E-state index is 11.9. The number of aryl methyl sites for hydroxylation is 2. The van der Waals surface area contributed by atoms with Crippen molar-refractivity contribution in [2.45, 2.75) is 19.8 Å². The van der Waals surface area contributed by atoms with Gasteiger partial charge in [0.05, 0.1) is 27.9 Å². The average Bonchev–Trinajstić information content (AvgIpc) is 2.79. The van der Waals surface area contributed by atoms with Crippen LogP contribution in [0.1, 0.15) is 23.1 Å². The van der Waals surface area contributed by atoms with Crippen LogP contribution in [0.3, 0.4) is 0 Å². The molecule has 166 valence electrons. The Morgan fingerprint density at radius 1 is 0.968 bits per heavy atom. The third kappa shape index (κ3) is 7.70. The topological polar surface area (TPSA) is 83.1 Å². The summed E-state index contributed by atoms with van der Waals surface area (Å²) >= 11 is 0. The Bertz CT molecular complexity index is 880. The number of esters is 1. The number of carbonyl (C=O) groups excluding carboxylic acids is 2. The van der Waals surface area contributed by atoms with Gasteiger partial charge in [0.15, 0.2) is 11.5 Å². The van der Waals surface area contributed by atoms with Crippen molar-refractivity contribution in [1.29, 1.82) is 0 Å². The van der Waals surface area contributed by atoms with Gasteiger partial charge in [-0.25, -0.2) is 4.79 Å². The number of hydrogen-bond acceptors (Lipinski definition) is 6. The first-order chi connectivity index (χ1) is 15.0. The standard InChI is InChI=1S/C24H29NO6/c1-17-5-7-18(8-6-17)9-11-22(26)25-13-14-31-23(27)12-10-19-15-20(28-2)24(30-4)21(16-19)29-3/h5-8,10,12,15-16H,9,11,13-14H2,1-4H3,(H,25,26)/b12-10+. The predicted octanol–water partition coefficient (Wildman–Crippen LogP) is 3.33. The third-order valence-corrected chi connectivity index (χ3v) is 4.53. The van der Waals surface area contributed by atoms with Crippen molar-refractivity contribution < 1.29 is 28.5 Å². The molecular formula is C24H29NO6. The van der Waals surface area contributed by atoms with Gasteiger partial charge in [-0.05, 0) is 42.7 Å². The molecule has 0 saturated heterocycles. The highest BCUT2D eigenvalue weighted by Gasteiger charge is 2.12. The van der Waals surface area contributed by atoms with Crippen LogP contribution in [-0.2, 0) is 20.7 Å². The van der Waals surface area contributed by atoms with Crippen molar-refractivity contribution in [3.63, 3.8) is 0 Å². The van der Waals surface area contributed by atoms with Crippen molar-refractivity contribution in [3.05, 3.63) is 59.2 Å². The molecule has 0 unspecified atom stereocenters. The Kier molecular flexibility index (Phi) is 9.42. The molecule has 0 heterocycles. The van der Waals surface area contributed by atoms with Gasteiger partial charge in [-0.3, -0.25) is 4.79 Å². The van der Waals surface area contributed by atoms with Crippen LogP contribution in [0, 0.1) is 6.92 Å². The number of amides is 1. The Morgan fingerprint density at radius 2 is 1.61 bits per heavy atom. The Morgan fingerprint density at radius 3 is 2.19 bits per heavy atom. The maximum absolute atomic E-state index is 11.9. The maximum Gasteiger partial charge on any atom is 0.330 e. The van der Waals surface area contributed by atoms with E-state index in [2.05, 4.69) is 5.32 Å². The number of benzene rings is 2. The molecule has 1 amide bonds. The van der Waals surface area contributed by atoms with Gasteiger partial charge in [0.1, 0.15) is 6.61 Å². The molecule has 0 aliphatic heterocycles. The van der Waals surface area contributed by atoms with Gasteiger partial charge in [0.25, 0.3) is 0 Å². The molecular weight excluding hydrogens is 398 g/mol. The van der Waals surface area contributed by atoms with E-state index < -0.39 is 5.97 Å². The molecule has 2 aromatic carbocycles. The fraction of sp³-hybridized carbons (Fsp3) is 0.333. The molecule has 2 aromatic rings. The molecule has 0 bridgehead atoms. The Labute approximate surface area is 183 Å². The second-order valence-electron chi connectivity index (χ2n) is 6.80. The Balaban J connectivity index is 1.74. The molecule has 0 aliphatic carbocycles. The van der Waals surface area contributed by atoms with Gasteiger partial charge < -0.3 is 24.3 Å². The number of nitrogens with one attached hydrogen (secondary N) is 1. The number of methoxy groups -OCH3 is 3. The summed E-state index contributed by atoms with van der Waals surface area (Å²) in [5, 5.41) is 2.75. The average molecular weight is 427 g/mol. The minimum atomic E-state index is -0.511. The molecule has 0 fully saturated rings. The first-order valence-corrected chi connectivity index (χ1v) is 9.94. The monoisotopic (exact) mass is 427 g/mol. The van der Waals surface area contributed by atoms with Crippen molar-refractivity contribution in [2.24, 2.45) is 0 Å². The van der Waals surface area contributed by atoms with Crippen LogP contribution in [0.25, 0.3) is 6.08 Å². The smallest absolute Gasteiger partial charge is 0.330 e. The number of rotatable bonds is 11. The van der Waals surface area contributed by atoms with Crippen LogP contribution in [0.4, 0.5) is 0 Å². The summed E-state index contributed by atoms with van der Waals surface area (Å²) in [5.74, 6) is 0.863. The quantitative estimate of drug-likeness (QED) is 0.337. The summed E-state index contributed by atoms with van der Waals surface area (Å²) < 4.78 is 21.0. The van der Waals surface area contributed by atoms with Crippen LogP contribution in [-0.4, -0.2) is 46.4 Å². The summed E-state index contributed by atoms with van der Waals surface area (Å²) in [5.41, 5.74) is 2.99. The largest absolute Gasteiger partial charge is 0.493 e. The summed E-state index contributed by atoms with van der Waals surface area (Å²) in [4.78, 5) is 23.8. The van der Waals surface area contributed by atoms with E-state index in [1.54, 1.807) is 18.2 Å². The summed E-state index contributed by atoms with van der Waals surface area (Å²) in [6.45, 7) is 2.38. The lowest BCUT2D eigenvalue weighted by Gasteiger charge is -2.12. The van der Waals surface area contributed by atoms with Crippen LogP contribution >= 0.6 is 0 Å². The van der Waals surface area contributed by atoms with E-state index in [-0.39, 0.29) is 19.1 Å². The van der Waals surface area contributed by atoms with Crippen LogP contribution < -0.4 is 19.5 Å². The third-order valence-electron chi connectivity index (χ3n) is 4.53. The molecule has 31 heavy (non-hydrogen) atoms. The lowest BCUT2D eigenvalue weighted by molar-refractivity contribution is -0.138. The zero-order valence-electron chi connectivity index (χ0n) is 18.4. The summed E-state index contributed by atoms with van der Waals surface area (Å²) in [6.07, 6.45) is 3.95. The molecule has 1 N–H and O–H groups in total. The van der Waals surface area contributed by atoms with E-state index in [1.165, 1.54) is 33.0 Å². The van der Waals surface area contributed by atoms with Crippen molar-refractivity contribution in [2.75, 3.05) is 34.5 Å². The Hall–Kier alpha value is -3.48. The van der Waals surface area contributed by atoms with Crippen molar-refractivity contribution >= 4 is 18.0 Å². The van der Waals surface area contributed by atoms with E-state index in [1.807, 2.05) is 31.2 Å². The minimum absolute atomic E-state index is 0.0791. The van der Waals surface area contributed by atoms with E-state index in [0.29, 0.717) is 35.7 Å². The molecule has 7 heteroatoms. The highest BCUT2D eigenvalue weighted by Crippen LogP contribution is 2.38. The highest BCUT2D eigenvalue weighted by molar-refractivity contribution is 5.87. The van der Waals surface area contributed by atoms with Gasteiger partial charge in [-0.15, -0.1) is 0 Å². The predicted molar refractivity (Wildman–Crippen MR) is 119 cm³/mol. The van der Waals surface area contributed by atoms with E-state index in [0.717, 1.165) is 5.56 Å². The van der Waals surface area contributed by atoms with E-state index in [9.17, 15) is 9.59 Å². The lowest BCUT2D eigenvalue weighted by Crippen LogP contribution is -2.28. The zero-order valence-corrected chi connectivity index (χ0v) is 18.4. The van der Waals surface area contributed by atoms with Gasteiger partial charge in [-0.2, -0.15) is 0 Å². The van der Waals surface area contributed by atoms with Crippen LogP contribution in [0.5, 0.6) is 17.2 Å². The van der Waals surface area contributed by atoms with E-state index in [4.69, 9.17) is 18.9 Å². The zero-order chi connectivity index (χ0) is 22.6. The fourth-order valence-corrected chi connectivity index (χ4v) is 2.85. The lowest BCUT2D eigenvalue weighted by atomic mass is 10.1. The molecule has 0 spiro atoms. The second-order valence-corrected chi connectivity index (χ2v) is 6.80. The molecule has 0 saturated carbocycles. The number of carbonyl (C=O) groups is 2. The number of ether oxygens (including phenoxy) is 4. The van der Waals surface area contributed by atoms with Gasteiger partial charge >= 0.3 is 5.97 Å². The molecule has 0 aromatic heterocycles. The van der Waals surface area contributed by atoms with Gasteiger partial charge in [-0.1, -0.05) is 29.8 Å². The van der Waals surface area contributed by atoms with Gasteiger partial charge in [0, 0.05) is 12.5 Å². The SMILES string of the molecule is COc1cc(/C=C/C(=O)OCCNC(=O)CCc2ccc(C)cc2)cc(OC)c1OC. The number of hydrogen-bond donors (Lipinski definition) is 1. The van der Waals surface area contributed by atoms with Crippen LogP contribution in [0.15, 0.2) is 42.5 Å². The molecule has 7 nitrogen and oxygen atoms in total. The van der Waals surface area contributed by atoms with Crippen LogP contribution in [0.2, 0.25) is 0 Å². The molecule has 2 rings (SSSR count).